The standard InChI is InChI=1S/C26H53NO/c1-2-3-4-5-6-7-8-9-10-11-12-13-14-15-16-17-18-19-20-21-22-23-24-27-25-26-28/h23-24,27-28H,2-22,25-26H2,1H3. The van der Waals surface area contributed by atoms with Crippen molar-refractivity contribution < 1.29 is 5.11 Å². The molecule has 28 heavy (non-hydrogen) atoms. The Morgan fingerprint density at radius 3 is 1.25 bits per heavy atom. The largest absolute Gasteiger partial charge is 0.395 e. The number of nitrogens with one attached hydrogen (secondary N) is 1. The number of aliphatic hydroxyl groups is 1. The second-order valence-electron chi connectivity index (χ2n) is 8.59. The van der Waals surface area contributed by atoms with Crippen LogP contribution in [0.15, 0.2) is 12.3 Å². The van der Waals surface area contributed by atoms with Gasteiger partial charge in [0.2, 0.25) is 0 Å². The van der Waals surface area contributed by atoms with Crippen LogP contribution < -0.4 is 5.32 Å². The van der Waals surface area contributed by atoms with Gasteiger partial charge in [-0.25, -0.2) is 0 Å². The summed E-state index contributed by atoms with van der Waals surface area (Å²) in [5.74, 6) is 0. The summed E-state index contributed by atoms with van der Waals surface area (Å²) >= 11 is 0. The van der Waals surface area contributed by atoms with E-state index in [0.717, 1.165) is 6.42 Å². The van der Waals surface area contributed by atoms with Crippen molar-refractivity contribution in [1.29, 1.82) is 0 Å². The lowest BCUT2D eigenvalue weighted by molar-refractivity contribution is 0.298. The molecule has 0 fully saturated rings. The fraction of sp³-hybridized carbons (Fsp3) is 0.923. The first-order chi connectivity index (χ1) is 13.9. The molecule has 0 radical (unpaired) electrons. The quantitative estimate of drug-likeness (QED) is 0.161. The lowest BCUT2D eigenvalue weighted by atomic mass is 10.0. The zero-order chi connectivity index (χ0) is 20.4. The molecule has 0 bridgehead atoms. The number of allylic oxidation sites excluding steroid dienone is 1. The van der Waals surface area contributed by atoms with Gasteiger partial charge < -0.3 is 10.4 Å². The predicted octanol–water partition coefficient (Wildman–Crippen LogP) is 8.29. The van der Waals surface area contributed by atoms with Crippen LogP contribution in [-0.2, 0) is 0 Å². The molecule has 0 heterocycles. The topological polar surface area (TPSA) is 32.3 Å². The van der Waals surface area contributed by atoms with Crippen LogP contribution in [0.2, 0.25) is 0 Å². The highest BCUT2D eigenvalue weighted by Crippen LogP contribution is 2.15. The molecule has 168 valence electrons. The van der Waals surface area contributed by atoms with Crippen molar-refractivity contribution in [1.82, 2.24) is 5.32 Å². The molecule has 0 spiro atoms. The van der Waals surface area contributed by atoms with E-state index in [9.17, 15) is 0 Å². The number of aliphatic hydroxyl groups excluding tert-OH is 1. The summed E-state index contributed by atoms with van der Waals surface area (Å²) in [6, 6.07) is 0. The first-order valence-electron chi connectivity index (χ1n) is 12.9. The summed E-state index contributed by atoms with van der Waals surface area (Å²) in [5.41, 5.74) is 0. The molecule has 0 aliphatic rings. The van der Waals surface area contributed by atoms with Crippen LogP contribution in [-0.4, -0.2) is 18.3 Å². The van der Waals surface area contributed by atoms with Crippen LogP contribution in [0.1, 0.15) is 142 Å². The SMILES string of the molecule is CCCCCCCCCCCCCCCCCCCCCCC=CNCCO. The molecule has 0 saturated heterocycles. The van der Waals surface area contributed by atoms with Gasteiger partial charge in [0.05, 0.1) is 6.61 Å². The maximum atomic E-state index is 8.65. The third kappa shape index (κ3) is 25.5. The van der Waals surface area contributed by atoms with E-state index in [1.54, 1.807) is 0 Å². The number of hydrogen-bond acceptors (Lipinski definition) is 2. The molecule has 2 N–H and O–H groups in total. The summed E-state index contributed by atoms with van der Waals surface area (Å²) in [7, 11) is 0. The molecule has 0 aromatic rings. The highest BCUT2D eigenvalue weighted by atomic mass is 16.3. The predicted molar refractivity (Wildman–Crippen MR) is 127 cm³/mol. The average molecular weight is 396 g/mol. The van der Waals surface area contributed by atoms with E-state index in [-0.39, 0.29) is 6.61 Å². The highest BCUT2D eigenvalue weighted by molar-refractivity contribution is 4.78. The van der Waals surface area contributed by atoms with Crippen LogP contribution in [0.4, 0.5) is 0 Å². The molecule has 0 amide bonds. The first-order valence-corrected chi connectivity index (χ1v) is 12.9. The normalized spacial score (nSPS) is 11.5. The van der Waals surface area contributed by atoms with Gasteiger partial charge in [-0.2, -0.15) is 0 Å². The summed E-state index contributed by atoms with van der Waals surface area (Å²) in [5, 5.41) is 11.7. The molecular weight excluding hydrogens is 342 g/mol. The van der Waals surface area contributed by atoms with Gasteiger partial charge in [0.25, 0.3) is 0 Å². The van der Waals surface area contributed by atoms with Gasteiger partial charge in [0, 0.05) is 6.54 Å². The van der Waals surface area contributed by atoms with Crippen molar-refractivity contribution in [3.05, 3.63) is 12.3 Å². The van der Waals surface area contributed by atoms with Crippen LogP contribution in [0.3, 0.4) is 0 Å². The second kappa shape index (κ2) is 26.5. The molecule has 0 rings (SSSR count). The Labute approximate surface area is 178 Å². The van der Waals surface area contributed by atoms with Crippen molar-refractivity contribution >= 4 is 0 Å². The third-order valence-corrected chi connectivity index (χ3v) is 5.72. The molecular formula is C26H53NO. The minimum atomic E-state index is 0.212. The fourth-order valence-corrected chi connectivity index (χ4v) is 3.83. The van der Waals surface area contributed by atoms with E-state index in [2.05, 4.69) is 18.3 Å². The molecule has 0 aromatic heterocycles. The van der Waals surface area contributed by atoms with E-state index in [4.69, 9.17) is 5.11 Å². The minimum Gasteiger partial charge on any atom is -0.395 e. The Balaban J connectivity index is 3.00. The van der Waals surface area contributed by atoms with Crippen molar-refractivity contribution in [2.75, 3.05) is 13.2 Å². The molecule has 0 atom stereocenters. The lowest BCUT2D eigenvalue weighted by Crippen LogP contribution is -2.10. The Morgan fingerprint density at radius 1 is 0.536 bits per heavy atom. The van der Waals surface area contributed by atoms with Gasteiger partial charge in [-0.15, -0.1) is 0 Å². The van der Waals surface area contributed by atoms with Crippen molar-refractivity contribution in [2.24, 2.45) is 0 Å². The molecule has 2 nitrogen and oxygen atoms in total. The number of hydrogen-bond donors (Lipinski definition) is 2. The highest BCUT2D eigenvalue weighted by Gasteiger charge is 1.95. The van der Waals surface area contributed by atoms with Crippen molar-refractivity contribution in [3.63, 3.8) is 0 Å². The molecule has 0 aromatic carbocycles. The van der Waals surface area contributed by atoms with Gasteiger partial charge in [0.1, 0.15) is 0 Å². The second-order valence-corrected chi connectivity index (χ2v) is 8.59. The first kappa shape index (κ1) is 27.5. The van der Waals surface area contributed by atoms with Gasteiger partial charge in [-0.3, -0.25) is 0 Å². The van der Waals surface area contributed by atoms with Crippen LogP contribution in [0, 0.1) is 0 Å². The van der Waals surface area contributed by atoms with Crippen LogP contribution in [0.25, 0.3) is 0 Å². The number of unbranched alkanes of at least 4 members (excludes halogenated alkanes) is 20. The Hall–Kier alpha value is -0.500. The van der Waals surface area contributed by atoms with E-state index in [1.807, 2.05) is 6.20 Å². The van der Waals surface area contributed by atoms with Crippen molar-refractivity contribution in [3.8, 4) is 0 Å². The Morgan fingerprint density at radius 2 is 0.893 bits per heavy atom. The summed E-state index contributed by atoms with van der Waals surface area (Å²) in [6.07, 6.45) is 34.1. The molecule has 0 aliphatic heterocycles. The zero-order valence-corrected chi connectivity index (χ0v) is 19.4. The van der Waals surface area contributed by atoms with Gasteiger partial charge in [0.15, 0.2) is 0 Å². The smallest absolute Gasteiger partial charge is 0.0603 e. The maximum Gasteiger partial charge on any atom is 0.0603 e. The Kier molecular flexibility index (Phi) is 26.0. The number of rotatable bonds is 24. The van der Waals surface area contributed by atoms with Gasteiger partial charge in [-0.05, 0) is 19.0 Å². The van der Waals surface area contributed by atoms with Crippen LogP contribution in [0.5, 0.6) is 0 Å². The molecule has 0 saturated carbocycles. The summed E-state index contributed by atoms with van der Waals surface area (Å²) < 4.78 is 0. The van der Waals surface area contributed by atoms with Gasteiger partial charge in [-0.1, -0.05) is 135 Å². The third-order valence-electron chi connectivity index (χ3n) is 5.72. The summed E-state index contributed by atoms with van der Waals surface area (Å²) in [6.45, 7) is 3.17. The molecule has 0 unspecified atom stereocenters. The van der Waals surface area contributed by atoms with E-state index >= 15 is 0 Å². The van der Waals surface area contributed by atoms with Crippen LogP contribution >= 0.6 is 0 Å². The van der Waals surface area contributed by atoms with Gasteiger partial charge >= 0.3 is 0 Å². The van der Waals surface area contributed by atoms with E-state index in [1.165, 1.54) is 128 Å². The van der Waals surface area contributed by atoms with E-state index < -0.39 is 0 Å². The Bertz CT molecular complexity index is 290. The van der Waals surface area contributed by atoms with Crippen molar-refractivity contribution in [2.45, 2.75) is 142 Å². The molecule has 2 heteroatoms. The fourth-order valence-electron chi connectivity index (χ4n) is 3.83. The lowest BCUT2D eigenvalue weighted by Gasteiger charge is -2.04. The zero-order valence-electron chi connectivity index (χ0n) is 19.4. The monoisotopic (exact) mass is 395 g/mol. The summed E-state index contributed by atoms with van der Waals surface area (Å²) in [4.78, 5) is 0. The minimum absolute atomic E-state index is 0.212. The van der Waals surface area contributed by atoms with E-state index in [0.29, 0.717) is 6.54 Å². The average Bonchev–Trinajstić information content (AvgIpc) is 2.71. The molecule has 0 aliphatic carbocycles. The maximum absolute atomic E-state index is 8.65.